The van der Waals surface area contributed by atoms with Crippen molar-refractivity contribution in [1.29, 1.82) is 0 Å². The van der Waals surface area contributed by atoms with Crippen molar-refractivity contribution >= 4 is 17.6 Å². The number of alkyl halides is 3. The van der Waals surface area contributed by atoms with Gasteiger partial charge in [-0.1, -0.05) is 17.7 Å². The highest BCUT2D eigenvalue weighted by atomic mass is 35.5. The maximum Gasteiger partial charge on any atom is 0.490 e. The molecule has 3 rings (SSSR count). The Bertz CT molecular complexity index is 634. The number of hydrogen-bond donors (Lipinski definition) is 1. The maximum absolute atomic E-state index is 13.0. The second-order valence-corrected chi connectivity index (χ2v) is 6.27. The van der Waals surface area contributed by atoms with E-state index in [2.05, 4.69) is 10.1 Å². The van der Waals surface area contributed by atoms with E-state index in [1.807, 2.05) is 0 Å². The Morgan fingerprint density at radius 3 is 2.65 bits per heavy atom. The minimum absolute atomic E-state index is 0.177. The molecule has 1 atom stereocenters. The molecule has 4 nitrogen and oxygen atoms in total. The lowest BCUT2D eigenvalue weighted by molar-refractivity contribution is -0.263. The van der Waals surface area contributed by atoms with Crippen molar-refractivity contribution in [2.45, 2.75) is 18.9 Å². The minimum Gasteiger partial charge on any atom is -0.439 e. The summed E-state index contributed by atoms with van der Waals surface area (Å²) < 4.78 is 55.0. The molecule has 0 bridgehead atoms. The molecule has 0 radical (unpaired) electrons. The molecule has 9 heteroatoms. The van der Waals surface area contributed by atoms with Crippen molar-refractivity contribution in [2.24, 2.45) is 5.41 Å². The van der Waals surface area contributed by atoms with Crippen LogP contribution in [0.15, 0.2) is 18.2 Å². The summed E-state index contributed by atoms with van der Waals surface area (Å²) in [4.78, 5) is 12.7. The van der Waals surface area contributed by atoms with E-state index in [0.717, 1.165) is 6.07 Å². The van der Waals surface area contributed by atoms with Gasteiger partial charge >= 0.3 is 12.1 Å². The minimum atomic E-state index is -5.03. The topological polar surface area (TPSA) is 41.6 Å². The molecule has 2 fully saturated rings. The number of esters is 1. The van der Waals surface area contributed by atoms with Gasteiger partial charge in [0.15, 0.2) is 6.23 Å². The van der Waals surface area contributed by atoms with Gasteiger partial charge in [-0.05, 0) is 17.7 Å². The van der Waals surface area contributed by atoms with E-state index < -0.39 is 29.6 Å². The maximum atomic E-state index is 13.0. The van der Waals surface area contributed by atoms with Gasteiger partial charge in [-0.15, -0.1) is 0 Å². The molecule has 2 aliphatic rings. The molecular formula is C14H13ClF4N2O2. The SMILES string of the molecule is O=C(OC1N(Cc2ccc(F)cc2Cl)CC12CNC2)C(F)(F)F. The summed E-state index contributed by atoms with van der Waals surface area (Å²) in [5.74, 6) is -2.70. The van der Waals surface area contributed by atoms with E-state index in [0.29, 0.717) is 25.2 Å². The van der Waals surface area contributed by atoms with Gasteiger partial charge in [0.2, 0.25) is 0 Å². The Balaban J connectivity index is 1.73. The first-order valence-corrected chi connectivity index (χ1v) is 7.26. The van der Waals surface area contributed by atoms with Crippen LogP contribution < -0.4 is 5.32 Å². The average Bonchev–Trinajstić information content (AvgIpc) is 2.38. The molecule has 23 heavy (non-hydrogen) atoms. The molecule has 1 aromatic rings. The van der Waals surface area contributed by atoms with Crippen molar-refractivity contribution < 1.29 is 27.1 Å². The summed E-state index contributed by atoms with van der Waals surface area (Å²) >= 11 is 5.93. The highest BCUT2D eigenvalue weighted by molar-refractivity contribution is 6.31. The summed E-state index contributed by atoms with van der Waals surface area (Å²) in [6, 6.07) is 3.82. The van der Waals surface area contributed by atoms with Crippen LogP contribution in [0.2, 0.25) is 5.02 Å². The zero-order valence-corrected chi connectivity index (χ0v) is 12.5. The highest BCUT2D eigenvalue weighted by Crippen LogP contribution is 2.43. The third-order valence-electron chi connectivity index (χ3n) is 4.17. The molecule has 0 saturated carbocycles. The number of hydrogen-bond acceptors (Lipinski definition) is 4. The molecule has 2 saturated heterocycles. The van der Waals surface area contributed by atoms with E-state index in [1.54, 1.807) is 4.90 Å². The normalized spacial score (nSPS) is 23.3. The number of ether oxygens (including phenoxy) is 1. The molecule has 1 spiro atoms. The first-order valence-electron chi connectivity index (χ1n) is 6.88. The van der Waals surface area contributed by atoms with Crippen molar-refractivity contribution in [1.82, 2.24) is 10.2 Å². The molecular weight excluding hydrogens is 340 g/mol. The van der Waals surface area contributed by atoms with Gasteiger partial charge in [0.05, 0.1) is 5.41 Å². The fourth-order valence-electron chi connectivity index (χ4n) is 2.95. The lowest BCUT2D eigenvalue weighted by Gasteiger charge is -2.60. The van der Waals surface area contributed by atoms with Crippen LogP contribution >= 0.6 is 11.6 Å². The van der Waals surface area contributed by atoms with Gasteiger partial charge in [-0.25, -0.2) is 9.18 Å². The Labute approximate surface area is 134 Å². The quantitative estimate of drug-likeness (QED) is 0.669. The molecule has 2 heterocycles. The van der Waals surface area contributed by atoms with Crippen molar-refractivity contribution in [2.75, 3.05) is 19.6 Å². The number of halogens is 5. The van der Waals surface area contributed by atoms with Crippen LogP contribution in [0, 0.1) is 11.2 Å². The summed E-state index contributed by atoms with van der Waals surface area (Å²) in [6.07, 6.45) is -6.01. The Morgan fingerprint density at radius 2 is 2.13 bits per heavy atom. The molecule has 0 aromatic heterocycles. The van der Waals surface area contributed by atoms with E-state index in [1.165, 1.54) is 12.1 Å². The van der Waals surface area contributed by atoms with Crippen LogP contribution in [0.1, 0.15) is 5.56 Å². The number of carbonyl (C=O) groups is 1. The highest BCUT2D eigenvalue weighted by Gasteiger charge is 2.60. The smallest absolute Gasteiger partial charge is 0.439 e. The van der Waals surface area contributed by atoms with Crippen LogP contribution in [-0.2, 0) is 16.1 Å². The molecule has 126 valence electrons. The Hall–Kier alpha value is -1.38. The Kier molecular flexibility index (Phi) is 4.02. The lowest BCUT2D eigenvalue weighted by atomic mass is 9.72. The molecule has 1 N–H and O–H groups in total. The van der Waals surface area contributed by atoms with Gasteiger partial charge in [0.1, 0.15) is 5.82 Å². The lowest BCUT2D eigenvalue weighted by Crippen LogP contribution is -2.77. The van der Waals surface area contributed by atoms with Gasteiger partial charge in [0.25, 0.3) is 0 Å². The third-order valence-corrected chi connectivity index (χ3v) is 4.52. The zero-order valence-electron chi connectivity index (χ0n) is 11.8. The first-order chi connectivity index (χ1) is 10.7. The van der Waals surface area contributed by atoms with E-state index in [4.69, 9.17) is 11.6 Å². The van der Waals surface area contributed by atoms with Crippen LogP contribution in [0.4, 0.5) is 17.6 Å². The van der Waals surface area contributed by atoms with Crippen LogP contribution in [0.3, 0.4) is 0 Å². The number of nitrogens with zero attached hydrogens (tertiary/aromatic N) is 1. The van der Waals surface area contributed by atoms with Gasteiger partial charge in [-0.3, -0.25) is 4.90 Å². The first kappa shape index (κ1) is 16.5. The second kappa shape index (κ2) is 5.61. The Morgan fingerprint density at radius 1 is 1.43 bits per heavy atom. The van der Waals surface area contributed by atoms with Gasteiger partial charge < -0.3 is 10.1 Å². The number of nitrogens with one attached hydrogen (secondary N) is 1. The van der Waals surface area contributed by atoms with Crippen molar-refractivity contribution in [3.8, 4) is 0 Å². The molecule has 0 amide bonds. The largest absolute Gasteiger partial charge is 0.490 e. The third kappa shape index (κ3) is 3.02. The molecule has 0 aliphatic carbocycles. The zero-order chi connectivity index (χ0) is 16.8. The second-order valence-electron chi connectivity index (χ2n) is 5.86. The van der Waals surface area contributed by atoms with E-state index >= 15 is 0 Å². The summed E-state index contributed by atoms with van der Waals surface area (Å²) in [7, 11) is 0. The monoisotopic (exact) mass is 352 g/mol. The fraction of sp³-hybridized carbons (Fsp3) is 0.500. The van der Waals surface area contributed by atoms with Gasteiger partial charge in [0, 0.05) is 31.2 Å². The number of carbonyl (C=O) groups excluding carboxylic acids is 1. The average molecular weight is 353 g/mol. The number of benzene rings is 1. The summed E-state index contributed by atoms with van der Waals surface area (Å²) in [5, 5.41) is 3.15. The van der Waals surface area contributed by atoms with E-state index in [-0.39, 0.29) is 11.6 Å². The standard InChI is InChI=1S/C14H13ClF4N2O2/c15-10-3-9(16)2-1-8(10)4-21-7-13(5-20-6-13)11(21)23-12(22)14(17,18)19/h1-3,11,20H,4-7H2. The van der Waals surface area contributed by atoms with Crippen molar-refractivity contribution in [3.05, 3.63) is 34.6 Å². The van der Waals surface area contributed by atoms with Crippen molar-refractivity contribution in [3.63, 3.8) is 0 Å². The molecule has 1 unspecified atom stereocenters. The van der Waals surface area contributed by atoms with Crippen LogP contribution in [0.25, 0.3) is 0 Å². The van der Waals surface area contributed by atoms with Crippen LogP contribution in [-0.4, -0.2) is 42.9 Å². The number of rotatable bonds is 3. The van der Waals surface area contributed by atoms with E-state index in [9.17, 15) is 22.4 Å². The van der Waals surface area contributed by atoms with Crippen LogP contribution in [0.5, 0.6) is 0 Å². The van der Waals surface area contributed by atoms with Gasteiger partial charge in [-0.2, -0.15) is 13.2 Å². The number of likely N-dealkylation sites (tertiary alicyclic amines) is 1. The summed E-state index contributed by atoms with van der Waals surface area (Å²) in [6.45, 7) is 1.62. The molecule has 1 aromatic carbocycles. The predicted molar refractivity (Wildman–Crippen MR) is 73.1 cm³/mol. The predicted octanol–water partition coefficient (Wildman–Crippen LogP) is 2.32. The summed E-state index contributed by atoms with van der Waals surface area (Å²) in [5.41, 5.74) is 0.0659. The molecule has 2 aliphatic heterocycles. The fourth-order valence-corrected chi connectivity index (χ4v) is 3.18.